The van der Waals surface area contributed by atoms with Crippen LogP contribution in [0, 0.1) is 0 Å². The number of ether oxygens (including phenoxy) is 1. The van der Waals surface area contributed by atoms with Gasteiger partial charge in [-0.15, -0.1) is 0 Å². The Morgan fingerprint density at radius 2 is 1.94 bits per heavy atom. The van der Waals surface area contributed by atoms with Crippen LogP contribution in [-0.4, -0.2) is 42.7 Å². The molecule has 35 heavy (non-hydrogen) atoms. The van der Waals surface area contributed by atoms with Gasteiger partial charge in [0.25, 0.3) is 15.9 Å². The van der Waals surface area contributed by atoms with Crippen molar-refractivity contribution in [1.29, 1.82) is 0 Å². The quantitative estimate of drug-likeness (QED) is 0.576. The molecular formula is C26H27N3O5S. The van der Waals surface area contributed by atoms with E-state index in [1.165, 1.54) is 22.6 Å². The molecule has 8 nitrogen and oxygen atoms in total. The molecule has 2 aliphatic rings. The lowest BCUT2D eigenvalue weighted by Gasteiger charge is -2.42. The highest BCUT2D eigenvalue weighted by Crippen LogP contribution is 2.46. The largest absolute Gasteiger partial charge is 0.485 e. The number of aliphatic hydroxyl groups excluding tert-OH is 1. The van der Waals surface area contributed by atoms with Gasteiger partial charge in [0.05, 0.1) is 27.8 Å². The number of pyridine rings is 1. The lowest BCUT2D eigenvalue weighted by Crippen LogP contribution is -2.49. The van der Waals surface area contributed by atoms with Crippen LogP contribution in [0.4, 0.5) is 5.69 Å². The Hall–Kier alpha value is -3.43. The van der Waals surface area contributed by atoms with Gasteiger partial charge in [-0.3, -0.25) is 14.1 Å². The van der Waals surface area contributed by atoms with Crippen molar-refractivity contribution in [3.63, 3.8) is 0 Å². The predicted octanol–water partition coefficient (Wildman–Crippen LogP) is 2.99. The number of anilines is 1. The first kappa shape index (κ1) is 23.3. The summed E-state index contributed by atoms with van der Waals surface area (Å²) in [5.74, 6) is -1.08. The number of amides is 1. The number of nitrogens with zero attached hydrogens (tertiary/aromatic N) is 2. The molecule has 0 fully saturated rings. The van der Waals surface area contributed by atoms with Crippen LogP contribution >= 0.6 is 0 Å². The molecule has 5 rings (SSSR count). The number of sulfonamides is 1. The van der Waals surface area contributed by atoms with E-state index in [1.54, 1.807) is 32.0 Å². The number of hydrogen-bond acceptors (Lipinski definition) is 6. The zero-order chi connectivity index (χ0) is 25.0. The molecular weight excluding hydrogens is 466 g/mol. The molecule has 2 aliphatic heterocycles. The fraction of sp³-hybridized carbons (Fsp3) is 0.308. The number of carbonyl (C=O) groups excluding carboxylic acids is 1. The van der Waals surface area contributed by atoms with Crippen LogP contribution in [0.1, 0.15) is 53.4 Å². The molecule has 0 saturated carbocycles. The van der Waals surface area contributed by atoms with Crippen LogP contribution in [-0.2, 0) is 16.4 Å². The summed E-state index contributed by atoms with van der Waals surface area (Å²) in [5.41, 5.74) is 7.12. The highest BCUT2D eigenvalue weighted by Gasteiger charge is 2.46. The topological polar surface area (TPSA) is 123 Å². The second-order valence-electron chi connectivity index (χ2n) is 9.44. The number of aryl methyl sites for hydroxylation is 1. The molecule has 0 radical (unpaired) electrons. The Morgan fingerprint density at radius 1 is 1.17 bits per heavy atom. The third kappa shape index (κ3) is 3.84. The maximum Gasteiger partial charge on any atom is 0.264 e. The van der Waals surface area contributed by atoms with Crippen molar-refractivity contribution in [3.8, 4) is 5.75 Å². The molecule has 9 heteroatoms. The zero-order valence-corrected chi connectivity index (χ0v) is 20.3. The van der Waals surface area contributed by atoms with Gasteiger partial charge in [-0.1, -0.05) is 18.2 Å². The van der Waals surface area contributed by atoms with E-state index >= 15 is 0 Å². The summed E-state index contributed by atoms with van der Waals surface area (Å²) in [7, 11) is -3.90. The summed E-state index contributed by atoms with van der Waals surface area (Å²) in [4.78, 5) is 16.6. The lowest BCUT2D eigenvalue weighted by atomic mass is 9.78. The summed E-state index contributed by atoms with van der Waals surface area (Å²) in [5, 5.41) is 11.3. The predicted molar refractivity (Wildman–Crippen MR) is 131 cm³/mol. The van der Waals surface area contributed by atoms with Gasteiger partial charge in [0.2, 0.25) is 0 Å². The first-order valence-electron chi connectivity index (χ1n) is 11.5. The molecule has 0 unspecified atom stereocenters. The number of nitrogens with two attached hydrogens (primary N) is 1. The summed E-state index contributed by atoms with van der Waals surface area (Å²) in [6.07, 6.45) is 1.94. The number of benzene rings is 2. The van der Waals surface area contributed by atoms with Gasteiger partial charge >= 0.3 is 0 Å². The summed E-state index contributed by atoms with van der Waals surface area (Å²) < 4.78 is 35.1. The zero-order valence-electron chi connectivity index (χ0n) is 19.5. The van der Waals surface area contributed by atoms with E-state index in [1.807, 2.05) is 24.3 Å². The number of rotatable bonds is 4. The van der Waals surface area contributed by atoms with E-state index in [2.05, 4.69) is 4.98 Å². The highest BCUT2D eigenvalue weighted by molar-refractivity contribution is 7.92. The van der Waals surface area contributed by atoms with E-state index in [4.69, 9.17) is 10.5 Å². The van der Waals surface area contributed by atoms with Crippen molar-refractivity contribution in [3.05, 3.63) is 83.2 Å². The Labute approximate surface area is 204 Å². The first-order chi connectivity index (χ1) is 16.6. The number of fused-ring (bicyclic) bond motifs is 2. The Kier molecular flexibility index (Phi) is 5.56. The van der Waals surface area contributed by atoms with Crippen LogP contribution < -0.4 is 14.8 Å². The van der Waals surface area contributed by atoms with E-state index in [9.17, 15) is 18.3 Å². The minimum atomic E-state index is -3.90. The van der Waals surface area contributed by atoms with Crippen LogP contribution in [0.15, 0.2) is 65.7 Å². The maximum atomic E-state index is 13.8. The van der Waals surface area contributed by atoms with Crippen LogP contribution in [0.2, 0.25) is 0 Å². The van der Waals surface area contributed by atoms with Gasteiger partial charge in [0, 0.05) is 18.3 Å². The molecule has 0 spiro atoms. The van der Waals surface area contributed by atoms with Crippen molar-refractivity contribution in [2.45, 2.75) is 49.2 Å². The normalized spacial score (nSPS) is 20.9. The first-order valence-corrected chi connectivity index (χ1v) is 12.9. The van der Waals surface area contributed by atoms with Gasteiger partial charge in [-0.05, 0) is 68.7 Å². The average Bonchev–Trinajstić information content (AvgIpc) is 2.84. The number of aliphatic hydroxyl groups is 1. The molecule has 2 atom stereocenters. The molecule has 3 heterocycles. The van der Waals surface area contributed by atoms with E-state index in [0.29, 0.717) is 23.5 Å². The van der Waals surface area contributed by atoms with E-state index in [-0.39, 0.29) is 16.2 Å². The molecule has 3 aromatic rings. The fourth-order valence-corrected chi connectivity index (χ4v) is 6.56. The summed E-state index contributed by atoms with van der Waals surface area (Å²) in [6.45, 7) is 3.84. The number of primary amides is 1. The molecule has 0 bridgehead atoms. The average molecular weight is 494 g/mol. The van der Waals surface area contributed by atoms with Gasteiger partial charge in [-0.25, -0.2) is 8.42 Å². The minimum Gasteiger partial charge on any atom is -0.485 e. The standard InChI is InChI=1S/C26H27N3O5S/c1-26(2)24(30)22(23-18(25(27)31)9-5-13-28-23)19-15-17(11-12-21(19)34-26)35(32,33)29-14-6-8-16-7-3-4-10-20(16)29/h3-5,7,9-13,15,22,24,30H,6,8,14H2,1-2H3,(H2,27,31)/t22-,24-/m1/s1. The molecule has 182 valence electrons. The van der Waals surface area contributed by atoms with Gasteiger partial charge in [-0.2, -0.15) is 0 Å². The third-order valence-electron chi connectivity index (χ3n) is 6.77. The van der Waals surface area contributed by atoms with Gasteiger partial charge in [0.1, 0.15) is 17.5 Å². The van der Waals surface area contributed by atoms with Gasteiger partial charge < -0.3 is 15.6 Å². The molecule has 1 amide bonds. The third-order valence-corrected chi connectivity index (χ3v) is 8.58. The van der Waals surface area contributed by atoms with Crippen molar-refractivity contribution < 1.29 is 23.1 Å². The smallest absolute Gasteiger partial charge is 0.264 e. The second-order valence-corrected chi connectivity index (χ2v) is 11.3. The fourth-order valence-electron chi connectivity index (χ4n) is 4.98. The number of aromatic nitrogens is 1. The van der Waals surface area contributed by atoms with Crippen LogP contribution in [0.25, 0.3) is 0 Å². The van der Waals surface area contributed by atoms with Crippen LogP contribution in [0.5, 0.6) is 5.75 Å². The molecule has 0 saturated heterocycles. The SMILES string of the molecule is CC1(C)Oc2ccc(S(=O)(=O)N3CCCc4ccccc43)cc2[C@H](c2ncccc2C(N)=O)[C@H]1O. The lowest BCUT2D eigenvalue weighted by molar-refractivity contribution is -0.0519. The van der Waals surface area contributed by atoms with Crippen molar-refractivity contribution >= 4 is 21.6 Å². The van der Waals surface area contributed by atoms with Crippen LogP contribution in [0.3, 0.4) is 0 Å². The second kappa shape index (κ2) is 8.35. The minimum absolute atomic E-state index is 0.0741. The molecule has 2 aromatic carbocycles. The highest BCUT2D eigenvalue weighted by atomic mass is 32.2. The van der Waals surface area contributed by atoms with E-state index in [0.717, 1.165) is 18.4 Å². The Bertz CT molecular complexity index is 1420. The number of carbonyl (C=O) groups is 1. The van der Waals surface area contributed by atoms with E-state index < -0.39 is 33.6 Å². The Balaban J connectivity index is 1.67. The Morgan fingerprint density at radius 3 is 2.71 bits per heavy atom. The summed E-state index contributed by atoms with van der Waals surface area (Å²) in [6, 6.07) is 15.3. The molecule has 0 aliphatic carbocycles. The monoisotopic (exact) mass is 493 g/mol. The number of hydrogen-bond donors (Lipinski definition) is 2. The summed E-state index contributed by atoms with van der Waals surface area (Å²) >= 11 is 0. The van der Waals surface area contributed by atoms with Gasteiger partial charge in [0.15, 0.2) is 0 Å². The molecule has 1 aromatic heterocycles. The maximum absolute atomic E-state index is 13.8. The van der Waals surface area contributed by atoms with Crippen molar-refractivity contribution in [2.24, 2.45) is 5.73 Å². The molecule has 3 N–H and O–H groups in total. The van der Waals surface area contributed by atoms with Crippen molar-refractivity contribution in [2.75, 3.05) is 10.8 Å². The van der Waals surface area contributed by atoms with Crippen molar-refractivity contribution in [1.82, 2.24) is 4.98 Å². The number of para-hydroxylation sites is 1.